The van der Waals surface area contributed by atoms with Crippen molar-refractivity contribution in [2.75, 3.05) is 19.3 Å². The second-order valence-corrected chi connectivity index (χ2v) is 10.4. The Hall–Kier alpha value is -2.39. The first-order chi connectivity index (χ1) is 15.1. The summed E-state index contributed by atoms with van der Waals surface area (Å²) in [5.41, 5.74) is 0.402. The molecule has 2 fully saturated rings. The van der Waals surface area contributed by atoms with Crippen molar-refractivity contribution in [1.82, 2.24) is 9.62 Å². The third-order valence-corrected chi connectivity index (χ3v) is 6.94. The summed E-state index contributed by atoms with van der Waals surface area (Å²) < 4.78 is 68.3. The predicted octanol–water partition coefficient (Wildman–Crippen LogP) is 3.80. The average molecular weight is 467 g/mol. The van der Waals surface area contributed by atoms with Crippen LogP contribution < -0.4 is 4.72 Å². The molecule has 5 nitrogen and oxygen atoms in total. The second kappa shape index (κ2) is 8.86. The van der Waals surface area contributed by atoms with Crippen LogP contribution in [0.1, 0.15) is 37.2 Å². The van der Waals surface area contributed by atoms with Gasteiger partial charge in [-0.15, -0.1) is 0 Å². The Morgan fingerprint density at radius 3 is 2.47 bits per heavy atom. The van der Waals surface area contributed by atoms with Crippen molar-refractivity contribution in [3.05, 3.63) is 59.4 Å². The minimum absolute atomic E-state index is 0.0562. The lowest BCUT2D eigenvalue weighted by Crippen LogP contribution is -2.36. The van der Waals surface area contributed by atoms with Crippen molar-refractivity contribution in [3.8, 4) is 11.1 Å². The fourth-order valence-corrected chi connectivity index (χ4v) is 5.45. The Balaban J connectivity index is 1.51. The van der Waals surface area contributed by atoms with Crippen LogP contribution in [-0.2, 0) is 14.8 Å². The molecule has 1 saturated heterocycles. The van der Waals surface area contributed by atoms with Crippen LogP contribution >= 0.6 is 0 Å². The second-order valence-electron chi connectivity index (χ2n) is 8.62. The number of likely N-dealkylation sites (tertiary alicyclic amines) is 1. The van der Waals surface area contributed by atoms with Gasteiger partial charge in [0.2, 0.25) is 15.9 Å². The molecule has 1 aliphatic carbocycles. The summed E-state index contributed by atoms with van der Waals surface area (Å²) >= 11 is 0. The molecule has 2 aromatic carbocycles. The zero-order valence-corrected chi connectivity index (χ0v) is 18.5. The molecule has 172 valence electrons. The van der Waals surface area contributed by atoms with Gasteiger partial charge >= 0.3 is 0 Å². The minimum Gasteiger partial charge on any atom is -0.342 e. The van der Waals surface area contributed by atoms with Crippen molar-refractivity contribution >= 4 is 15.9 Å². The topological polar surface area (TPSA) is 66.5 Å². The first-order valence-electron chi connectivity index (χ1n) is 10.6. The Bertz CT molecular complexity index is 1120. The number of sulfonamides is 1. The molecule has 0 spiro atoms. The molecule has 1 aliphatic heterocycles. The Morgan fingerprint density at radius 2 is 1.78 bits per heavy atom. The van der Waals surface area contributed by atoms with Gasteiger partial charge in [-0.1, -0.05) is 12.1 Å². The highest BCUT2D eigenvalue weighted by Crippen LogP contribution is 2.51. The van der Waals surface area contributed by atoms with Gasteiger partial charge < -0.3 is 4.90 Å². The monoisotopic (exact) mass is 466 g/mol. The van der Waals surface area contributed by atoms with Crippen molar-refractivity contribution in [1.29, 1.82) is 0 Å². The molecule has 0 bridgehead atoms. The van der Waals surface area contributed by atoms with Gasteiger partial charge in [0.1, 0.15) is 17.5 Å². The van der Waals surface area contributed by atoms with Gasteiger partial charge in [0, 0.05) is 25.0 Å². The van der Waals surface area contributed by atoms with Crippen LogP contribution in [0.2, 0.25) is 0 Å². The molecule has 32 heavy (non-hydrogen) atoms. The zero-order chi connectivity index (χ0) is 23.0. The molecule has 1 saturated carbocycles. The van der Waals surface area contributed by atoms with E-state index in [-0.39, 0.29) is 34.9 Å². The summed E-state index contributed by atoms with van der Waals surface area (Å²) in [6, 6.07) is 7.16. The van der Waals surface area contributed by atoms with Crippen molar-refractivity contribution in [2.45, 2.75) is 37.6 Å². The number of amides is 1. The lowest BCUT2D eigenvalue weighted by Gasteiger charge is -2.21. The zero-order valence-electron chi connectivity index (χ0n) is 17.7. The number of halogens is 3. The van der Waals surface area contributed by atoms with Crippen LogP contribution in [0.4, 0.5) is 13.2 Å². The van der Waals surface area contributed by atoms with Gasteiger partial charge in [0.15, 0.2) is 0 Å². The van der Waals surface area contributed by atoms with E-state index in [4.69, 9.17) is 0 Å². The SMILES string of the molecule is CS(=O)(=O)N[C@@H]1CCCN(C(=O)[C@@H]2C[C@H]2c2ccc(F)cc2-c2c(F)cccc2F)CC1. The summed E-state index contributed by atoms with van der Waals surface area (Å²) in [5, 5.41) is 0. The highest BCUT2D eigenvalue weighted by atomic mass is 32.2. The van der Waals surface area contributed by atoms with E-state index in [0.717, 1.165) is 24.5 Å². The Morgan fingerprint density at radius 1 is 1.06 bits per heavy atom. The van der Waals surface area contributed by atoms with E-state index < -0.39 is 27.5 Å². The number of hydrogen-bond donors (Lipinski definition) is 1. The van der Waals surface area contributed by atoms with Crippen LogP contribution in [0.5, 0.6) is 0 Å². The molecule has 4 rings (SSSR count). The lowest BCUT2D eigenvalue weighted by molar-refractivity contribution is -0.132. The van der Waals surface area contributed by atoms with Gasteiger partial charge in [-0.3, -0.25) is 4.79 Å². The predicted molar refractivity (Wildman–Crippen MR) is 115 cm³/mol. The van der Waals surface area contributed by atoms with Gasteiger partial charge in [-0.05, 0) is 67.0 Å². The molecule has 1 N–H and O–H groups in total. The molecule has 0 unspecified atom stereocenters. The minimum atomic E-state index is -3.31. The standard InChI is InChI=1S/C23H25F3N2O3S/c1-32(30,31)27-15-4-3-10-28(11-9-15)23(29)19-13-17(19)16-8-7-14(24)12-18(16)22-20(25)5-2-6-21(22)26/h2,5-8,12,15,17,19,27H,3-4,9-11,13H2,1H3/t15-,17+,19-/m1/s1. The number of rotatable bonds is 5. The fraction of sp³-hybridized carbons (Fsp3) is 0.435. The molecule has 1 heterocycles. The maximum absolute atomic E-state index is 14.4. The van der Waals surface area contributed by atoms with E-state index >= 15 is 0 Å². The maximum Gasteiger partial charge on any atom is 0.226 e. The third kappa shape index (κ3) is 4.99. The van der Waals surface area contributed by atoms with Crippen LogP contribution in [0.3, 0.4) is 0 Å². The number of nitrogens with one attached hydrogen (secondary N) is 1. The van der Waals surface area contributed by atoms with Crippen molar-refractivity contribution in [3.63, 3.8) is 0 Å². The van der Waals surface area contributed by atoms with E-state index in [1.165, 1.54) is 18.2 Å². The number of carbonyl (C=O) groups excluding carboxylic acids is 1. The smallest absolute Gasteiger partial charge is 0.226 e. The van der Waals surface area contributed by atoms with E-state index in [0.29, 0.717) is 44.3 Å². The van der Waals surface area contributed by atoms with Crippen molar-refractivity contribution in [2.24, 2.45) is 5.92 Å². The van der Waals surface area contributed by atoms with Crippen LogP contribution in [0, 0.1) is 23.4 Å². The van der Waals surface area contributed by atoms with Crippen LogP contribution in [0.15, 0.2) is 36.4 Å². The number of hydrogen-bond acceptors (Lipinski definition) is 3. The highest BCUT2D eigenvalue weighted by molar-refractivity contribution is 7.88. The van der Waals surface area contributed by atoms with Crippen molar-refractivity contribution < 1.29 is 26.4 Å². The summed E-state index contributed by atoms with van der Waals surface area (Å²) in [4.78, 5) is 14.8. The Labute approximate surface area is 185 Å². The number of benzene rings is 2. The summed E-state index contributed by atoms with van der Waals surface area (Å²) in [5.74, 6) is -2.81. The van der Waals surface area contributed by atoms with Gasteiger partial charge in [0.25, 0.3) is 0 Å². The summed E-state index contributed by atoms with van der Waals surface area (Å²) in [6.07, 6.45) is 3.50. The fourth-order valence-electron chi connectivity index (χ4n) is 4.61. The molecule has 9 heteroatoms. The molecule has 2 aliphatic rings. The van der Waals surface area contributed by atoms with Crippen LogP contribution in [-0.4, -0.2) is 44.6 Å². The first-order valence-corrected chi connectivity index (χ1v) is 12.5. The van der Waals surface area contributed by atoms with E-state index in [1.54, 1.807) is 4.90 Å². The van der Waals surface area contributed by atoms with E-state index in [9.17, 15) is 26.4 Å². The maximum atomic E-state index is 14.4. The largest absolute Gasteiger partial charge is 0.342 e. The van der Waals surface area contributed by atoms with E-state index in [1.807, 2.05) is 0 Å². The van der Waals surface area contributed by atoms with E-state index in [2.05, 4.69) is 4.72 Å². The first kappa shape index (κ1) is 22.8. The molecule has 1 amide bonds. The Kier molecular flexibility index (Phi) is 6.31. The summed E-state index contributed by atoms with van der Waals surface area (Å²) in [6.45, 7) is 0.968. The molecule has 2 aromatic rings. The normalized spacial score (nSPS) is 23.6. The number of nitrogens with zero attached hydrogens (tertiary/aromatic N) is 1. The van der Waals surface area contributed by atoms with Gasteiger partial charge in [-0.2, -0.15) is 0 Å². The van der Waals surface area contributed by atoms with Gasteiger partial charge in [-0.25, -0.2) is 26.3 Å². The van der Waals surface area contributed by atoms with Gasteiger partial charge in [0.05, 0.1) is 11.8 Å². The summed E-state index contributed by atoms with van der Waals surface area (Å²) in [7, 11) is -3.31. The molecular weight excluding hydrogens is 441 g/mol. The molecule has 0 radical (unpaired) electrons. The third-order valence-electron chi connectivity index (χ3n) is 6.18. The van der Waals surface area contributed by atoms with Crippen LogP contribution in [0.25, 0.3) is 11.1 Å². The highest BCUT2D eigenvalue weighted by Gasteiger charge is 2.47. The quantitative estimate of drug-likeness (QED) is 0.729. The average Bonchev–Trinajstić information content (AvgIpc) is 3.51. The molecular formula is C23H25F3N2O3S. The molecule has 0 aromatic heterocycles. The lowest BCUT2D eigenvalue weighted by atomic mass is 9.94. The molecule has 3 atom stereocenters. The number of carbonyl (C=O) groups is 1.